The second kappa shape index (κ2) is 5.87. The molecule has 0 atom stereocenters. The molecule has 1 amide bonds. The lowest BCUT2D eigenvalue weighted by atomic mass is 10.2. The molecule has 1 aromatic carbocycles. The molecule has 1 aliphatic rings. The molecule has 0 saturated heterocycles. The average molecular weight is 298 g/mol. The van der Waals surface area contributed by atoms with Gasteiger partial charge >= 0.3 is 0 Å². The third-order valence-electron chi connectivity index (χ3n) is 4.06. The summed E-state index contributed by atoms with van der Waals surface area (Å²) in [6.45, 7) is 6.68. The third kappa shape index (κ3) is 2.86. The minimum atomic E-state index is -0.0517. The maximum atomic E-state index is 12.5. The fourth-order valence-corrected chi connectivity index (χ4v) is 2.90. The third-order valence-corrected chi connectivity index (χ3v) is 4.06. The van der Waals surface area contributed by atoms with E-state index in [1.54, 1.807) is 0 Å². The first-order valence-electron chi connectivity index (χ1n) is 7.82. The highest BCUT2D eigenvalue weighted by atomic mass is 16.5. The standard InChI is InChI=1S/C18H22N2O2/c1-4-22-16-9-5-14(6-10-16)19-18(21)17-11-12(2)20(13(17)3)15-7-8-15/h5-6,9-11,15H,4,7-8H2,1-3H3,(H,19,21). The SMILES string of the molecule is CCOc1ccc(NC(=O)c2cc(C)n(C3CC3)c2C)cc1. The number of nitrogens with zero attached hydrogens (tertiary/aromatic N) is 1. The summed E-state index contributed by atoms with van der Waals surface area (Å²) in [6.07, 6.45) is 2.44. The van der Waals surface area contributed by atoms with Gasteiger partial charge in [-0.2, -0.15) is 0 Å². The predicted octanol–water partition coefficient (Wildman–Crippen LogP) is 4.09. The van der Waals surface area contributed by atoms with Crippen LogP contribution in [0.4, 0.5) is 5.69 Å². The zero-order chi connectivity index (χ0) is 15.7. The van der Waals surface area contributed by atoms with Gasteiger partial charge in [-0.15, -0.1) is 0 Å². The van der Waals surface area contributed by atoms with E-state index in [0.29, 0.717) is 12.6 Å². The number of ether oxygens (including phenoxy) is 1. The zero-order valence-electron chi connectivity index (χ0n) is 13.3. The Bertz CT molecular complexity index is 682. The number of carbonyl (C=O) groups excluding carboxylic acids is 1. The Morgan fingerprint density at radius 3 is 2.55 bits per heavy atom. The van der Waals surface area contributed by atoms with Crippen LogP contribution in [0.25, 0.3) is 0 Å². The number of aromatic nitrogens is 1. The van der Waals surface area contributed by atoms with Crippen molar-refractivity contribution in [2.24, 2.45) is 0 Å². The Labute approximate surface area is 131 Å². The van der Waals surface area contributed by atoms with Crippen LogP contribution in [0.5, 0.6) is 5.75 Å². The van der Waals surface area contributed by atoms with Crippen LogP contribution in [0.3, 0.4) is 0 Å². The van der Waals surface area contributed by atoms with Gasteiger partial charge in [-0.25, -0.2) is 0 Å². The molecule has 0 radical (unpaired) electrons. The number of benzene rings is 1. The van der Waals surface area contributed by atoms with Crippen molar-refractivity contribution in [2.75, 3.05) is 11.9 Å². The van der Waals surface area contributed by atoms with Gasteiger partial charge in [-0.05, 0) is 63.9 Å². The topological polar surface area (TPSA) is 43.3 Å². The van der Waals surface area contributed by atoms with Crippen LogP contribution in [-0.4, -0.2) is 17.1 Å². The maximum absolute atomic E-state index is 12.5. The van der Waals surface area contributed by atoms with Crippen molar-refractivity contribution in [1.29, 1.82) is 0 Å². The predicted molar refractivity (Wildman–Crippen MR) is 87.7 cm³/mol. The van der Waals surface area contributed by atoms with Crippen LogP contribution >= 0.6 is 0 Å². The molecule has 3 rings (SSSR count). The monoisotopic (exact) mass is 298 g/mol. The molecular weight excluding hydrogens is 276 g/mol. The van der Waals surface area contributed by atoms with Gasteiger partial charge in [0.1, 0.15) is 5.75 Å². The van der Waals surface area contributed by atoms with Crippen LogP contribution in [-0.2, 0) is 0 Å². The van der Waals surface area contributed by atoms with Gasteiger partial charge in [0.15, 0.2) is 0 Å². The molecule has 1 aromatic heterocycles. The molecule has 1 aliphatic carbocycles. The summed E-state index contributed by atoms with van der Waals surface area (Å²) in [5.41, 5.74) is 3.77. The first kappa shape index (κ1) is 14.7. The van der Waals surface area contributed by atoms with Crippen molar-refractivity contribution < 1.29 is 9.53 Å². The van der Waals surface area contributed by atoms with Crippen molar-refractivity contribution in [3.05, 3.63) is 47.3 Å². The minimum Gasteiger partial charge on any atom is -0.494 e. The zero-order valence-corrected chi connectivity index (χ0v) is 13.3. The van der Waals surface area contributed by atoms with E-state index in [-0.39, 0.29) is 5.91 Å². The highest BCUT2D eigenvalue weighted by molar-refractivity contribution is 6.05. The first-order valence-corrected chi connectivity index (χ1v) is 7.82. The Kier molecular flexibility index (Phi) is 3.92. The van der Waals surface area contributed by atoms with Gasteiger partial charge in [0.2, 0.25) is 0 Å². The molecule has 1 fully saturated rings. The summed E-state index contributed by atoms with van der Waals surface area (Å²) in [5, 5.41) is 2.96. The van der Waals surface area contributed by atoms with E-state index in [0.717, 1.165) is 28.4 Å². The van der Waals surface area contributed by atoms with E-state index < -0.39 is 0 Å². The molecule has 1 saturated carbocycles. The molecular formula is C18H22N2O2. The molecule has 0 spiro atoms. The lowest BCUT2D eigenvalue weighted by molar-refractivity contribution is 0.102. The summed E-state index contributed by atoms with van der Waals surface area (Å²) in [6, 6.07) is 10.0. The second-order valence-corrected chi connectivity index (χ2v) is 5.80. The molecule has 22 heavy (non-hydrogen) atoms. The van der Waals surface area contributed by atoms with Crippen molar-refractivity contribution >= 4 is 11.6 Å². The summed E-state index contributed by atoms with van der Waals surface area (Å²) in [5.74, 6) is 0.761. The smallest absolute Gasteiger partial charge is 0.257 e. The number of carbonyl (C=O) groups is 1. The Morgan fingerprint density at radius 1 is 1.27 bits per heavy atom. The van der Waals surface area contributed by atoms with Gasteiger partial charge in [0.25, 0.3) is 5.91 Å². The minimum absolute atomic E-state index is 0.0517. The van der Waals surface area contributed by atoms with E-state index in [1.165, 1.54) is 12.8 Å². The molecule has 1 N–H and O–H groups in total. The summed E-state index contributed by atoms with van der Waals surface area (Å²) >= 11 is 0. The molecule has 2 aromatic rings. The molecule has 1 heterocycles. The number of hydrogen-bond donors (Lipinski definition) is 1. The summed E-state index contributed by atoms with van der Waals surface area (Å²) < 4.78 is 7.69. The maximum Gasteiger partial charge on any atom is 0.257 e. The number of anilines is 1. The van der Waals surface area contributed by atoms with Crippen LogP contribution in [0.15, 0.2) is 30.3 Å². The van der Waals surface area contributed by atoms with E-state index in [1.807, 2.05) is 44.2 Å². The lowest BCUT2D eigenvalue weighted by Crippen LogP contribution is -2.13. The number of amides is 1. The summed E-state index contributed by atoms with van der Waals surface area (Å²) in [4.78, 5) is 12.5. The quantitative estimate of drug-likeness (QED) is 0.903. The number of rotatable bonds is 5. The van der Waals surface area contributed by atoms with Crippen LogP contribution in [0.2, 0.25) is 0 Å². The number of aryl methyl sites for hydroxylation is 1. The highest BCUT2D eigenvalue weighted by Gasteiger charge is 2.28. The first-order chi connectivity index (χ1) is 10.6. The van der Waals surface area contributed by atoms with Crippen LogP contribution < -0.4 is 10.1 Å². The second-order valence-electron chi connectivity index (χ2n) is 5.80. The Balaban J connectivity index is 1.75. The Morgan fingerprint density at radius 2 is 1.95 bits per heavy atom. The molecule has 4 nitrogen and oxygen atoms in total. The average Bonchev–Trinajstić information content (AvgIpc) is 3.27. The van der Waals surface area contributed by atoms with Gasteiger partial charge in [0.05, 0.1) is 12.2 Å². The van der Waals surface area contributed by atoms with Gasteiger partial charge in [-0.1, -0.05) is 0 Å². The molecule has 0 aliphatic heterocycles. The summed E-state index contributed by atoms with van der Waals surface area (Å²) in [7, 11) is 0. The van der Waals surface area contributed by atoms with E-state index in [9.17, 15) is 4.79 Å². The van der Waals surface area contributed by atoms with Crippen LogP contribution in [0, 0.1) is 13.8 Å². The van der Waals surface area contributed by atoms with Crippen molar-refractivity contribution in [2.45, 2.75) is 39.7 Å². The van der Waals surface area contributed by atoms with Crippen LogP contribution in [0.1, 0.15) is 47.6 Å². The number of nitrogens with one attached hydrogen (secondary N) is 1. The lowest BCUT2D eigenvalue weighted by Gasteiger charge is -2.09. The van der Waals surface area contributed by atoms with Crippen molar-refractivity contribution in [3.8, 4) is 5.75 Å². The molecule has 0 unspecified atom stereocenters. The van der Waals surface area contributed by atoms with E-state index >= 15 is 0 Å². The molecule has 4 heteroatoms. The van der Waals surface area contributed by atoms with E-state index in [2.05, 4.69) is 16.8 Å². The fraction of sp³-hybridized carbons (Fsp3) is 0.389. The number of hydrogen-bond acceptors (Lipinski definition) is 2. The molecule has 0 bridgehead atoms. The van der Waals surface area contributed by atoms with Gasteiger partial charge in [-0.3, -0.25) is 4.79 Å². The molecule has 116 valence electrons. The normalized spacial score (nSPS) is 14.0. The van der Waals surface area contributed by atoms with E-state index in [4.69, 9.17) is 4.74 Å². The Hall–Kier alpha value is -2.23. The highest BCUT2D eigenvalue weighted by Crippen LogP contribution is 2.38. The van der Waals surface area contributed by atoms with Crippen molar-refractivity contribution in [3.63, 3.8) is 0 Å². The van der Waals surface area contributed by atoms with Crippen molar-refractivity contribution in [1.82, 2.24) is 4.57 Å². The van der Waals surface area contributed by atoms with Gasteiger partial charge in [0, 0.05) is 23.1 Å². The fourth-order valence-electron chi connectivity index (χ4n) is 2.90. The van der Waals surface area contributed by atoms with Gasteiger partial charge < -0.3 is 14.6 Å². The largest absolute Gasteiger partial charge is 0.494 e.